The van der Waals surface area contributed by atoms with Gasteiger partial charge in [0.25, 0.3) is 0 Å². The molecule has 0 aliphatic carbocycles. The van der Waals surface area contributed by atoms with Gasteiger partial charge < -0.3 is 14.1 Å². The summed E-state index contributed by atoms with van der Waals surface area (Å²) in [6.07, 6.45) is 1.42. The van der Waals surface area contributed by atoms with Crippen molar-refractivity contribution in [2.24, 2.45) is 0 Å². The van der Waals surface area contributed by atoms with Gasteiger partial charge in [0.15, 0.2) is 5.58 Å². The number of nitrogens with zero attached hydrogens (tertiary/aromatic N) is 1. The second-order valence-electron chi connectivity index (χ2n) is 6.98. The van der Waals surface area contributed by atoms with Crippen molar-refractivity contribution < 1.29 is 13.9 Å². The van der Waals surface area contributed by atoms with E-state index in [1.54, 1.807) is 11.0 Å². The number of carbonyl (C=O) groups excluding carboxylic acids is 1. The van der Waals surface area contributed by atoms with E-state index in [9.17, 15) is 9.59 Å². The maximum absolute atomic E-state index is 12.1. The molecule has 0 unspecified atom stereocenters. The number of benzene rings is 1. The minimum absolute atomic E-state index is 0.258. The molecule has 0 spiro atoms. The molecule has 6 heteroatoms. The Morgan fingerprint density at radius 2 is 2.00 bits per heavy atom. The molecule has 124 valence electrons. The van der Waals surface area contributed by atoms with Crippen molar-refractivity contribution in [3.63, 3.8) is 0 Å². The maximum atomic E-state index is 12.1. The van der Waals surface area contributed by atoms with Crippen molar-refractivity contribution in [2.75, 3.05) is 13.1 Å². The standard InChI is InChI=1S/C17H22N2O4/c1-17(2,3)23-16(21)19-9-7-11(8-10-19)12-5-4-6-13-14(12)18-15(20)22-13/h4-6,11H,7-10H2,1-3H3,(H,18,20). The number of hydrogen-bond donors (Lipinski definition) is 1. The van der Waals surface area contributed by atoms with Gasteiger partial charge in [0.05, 0.1) is 5.52 Å². The summed E-state index contributed by atoms with van der Waals surface area (Å²) in [5, 5.41) is 0. The van der Waals surface area contributed by atoms with Crippen LogP contribution >= 0.6 is 0 Å². The summed E-state index contributed by atoms with van der Waals surface area (Å²) >= 11 is 0. The molecule has 1 fully saturated rings. The lowest BCUT2D eigenvalue weighted by Gasteiger charge is -2.33. The van der Waals surface area contributed by atoms with E-state index < -0.39 is 11.4 Å². The highest BCUT2D eigenvalue weighted by molar-refractivity contribution is 5.76. The number of para-hydroxylation sites is 1. The lowest BCUT2D eigenvalue weighted by molar-refractivity contribution is 0.0205. The van der Waals surface area contributed by atoms with E-state index in [0.717, 1.165) is 23.9 Å². The van der Waals surface area contributed by atoms with Crippen LogP contribution in [0.15, 0.2) is 27.4 Å². The average molecular weight is 318 g/mol. The zero-order chi connectivity index (χ0) is 16.6. The summed E-state index contributed by atoms with van der Waals surface area (Å²) < 4.78 is 10.5. The first-order valence-corrected chi connectivity index (χ1v) is 7.93. The van der Waals surface area contributed by atoms with Gasteiger partial charge in [0.1, 0.15) is 5.60 Å². The van der Waals surface area contributed by atoms with Crippen LogP contribution in [0, 0.1) is 0 Å². The van der Waals surface area contributed by atoms with Gasteiger partial charge in [0, 0.05) is 13.1 Å². The monoisotopic (exact) mass is 318 g/mol. The van der Waals surface area contributed by atoms with Gasteiger partial charge in [0.2, 0.25) is 0 Å². The minimum Gasteiger partial charge on any atom is -0.444 e. The summed E-state index contributed by atoms with van der Waals surface area (Å²) in [7, 11) is 0. The Morgan fingerprint density at radius 3 is 2.65 bits per heavy atom. The molecule has 1 N–H and O–H groups in total. The second kappa shape index (κ2) is 5.76. The topological polar surface area (TPSA) is 75.5 Å². The smallest absolute Gasteiger partial charge is 0.417 e. The molecule has 1 aromatic carbocycles. The third-order valence-electron chi connectivity index (χ3n) is 4.07. The molecule has 1 aliphatic heterocycles. The van der Waals surface area contributed by atoms with Crippen molar-refractivity contribution in [3.8, 4) is 0 Å². The van der Waals surface area contributed by atoms with E-state index in [2.05, 4.69) is 4.98 Å². The molecule has 3 rings (SSSR count). The molecule has 6 nitrogen and oxygen atoms in total. The van der Waals surface area contributed by atoms with Crippen LogP contribution < -0.4 is 5.76 Å². The number of carbonyl (C=O) groups is 1. The van der Waals surface area contributed by atoms with E-state index in [0.29, 0.717) is 24.6 Å². The van der Waals surface area contributed by atoms with Gasteiger partial charge in [-0.1, -0.05) is 12.1 Å². The maximum Gasteiger partial charge on any atom is 0.417 e. The van der Waals surface area contributed by atoms with Gasteiger partial charge in [-0.15, -0.1) is 0 Å². The number of fused-ring (bicyclic) bond motifs is 1. The molecular formula is C17H22N2O4. The Kier molecular flexibility index (Phi) is 3.92. The van der Waals surface area contributed by atoms with Crippen molar-refractivity contribution in [3.05, 3.63) is 34.3 Å². The van der Waals surface area contributed by atoms with Crippen LogP contribution in [-0.2, 0) is 4.74 Å². The zero-order valence-electron chi connectivity index (χ0n) is 13.7. The first-order chi connectivity index (χ1) is 10.8. The van der Waals surface area contributed by atoms with Crippen LogP contribution in [-0.4, -0.2) is 34.7 Å². The van der Waals surface area contributed by atoms with Crippen molar-refractivity contribution in [1.29, 1.82) is 0 Å². The Balaban J connectivity index is 1.71. The first-order valence-electron chi connectivity index (χ1n) is 7.93. The quantitative estimate of drug-likeness (QED) is 0.876. The van der Waals surface area contributed by atoms with Crippen LogP contribution in [0.25, 0.3) is 11.1 Å². The van der Waals surface area contributed by atoms with Gasteiger partial charge in [-0.2, -0.15) is 0 Å². The number of ether oxygens (including phenoxy) is 1. The van der Waals surface area contributed by atoms with Crippen molar-refractivity contribution >= 4 is 17.2 Å². The lowest BCUT2D eigenvalue weighted by Crippen LogP contribution is -2.41. The zero-order valence-corrected chi connectivity index (χ0v) is 13.7. The number of hydrogen-bond acceptors (Lipinski definition) is 4. The first kappa shape index (κ1) is 15.6. The number of likely N-dealkylation sites (tertiary alicyclic amines) is 1. The number of oxazole rings is 1. The van der Waals surface area contributed by atoms with Gasteiger partial charge in [-0.05, 0) is 51.2 Å². The van der Waals surface area contributed by atoms with Crippen LogP contribution in [0.2, 0.25) is 0 Å². The van der Waals surface area contributed by atoms with E-state index in [1.807, 2.05) is 32.9 Å². The lowest BCUT2D eigenvalue weighted by atomic mass is 9.89. The summed E-state index contributed by atoms with van der Waals surface area (Å²) in [5.41, 5.74) is 1.96. The minimum atomic E-state index is -0.476. The Bertz CT molecular complexity index is 761. The fourth-order valence-electron chi connectivity index (χ4n) is 3.03. The van der Waals surface area contributed by atoms with E-state index >= 15 is 0 Å². The van der Waals surface area contributed by atoms with Crippen LogP contribution in [0.4, 0.5) is 4.79 Å². The SMILES string of the molecule is CC(C)(C)OC(=O)N1CCC(c2cccc3oc(=O)[nH]c23)CC1. The number of aromatic amines is 1. The molecule has 0 bridgehead atoms. The average Bonchev–Trinajstić information content (AvgIpc) is 2.85. The van der Waals surface area contributed by atoms with Crippen LogP contribution in [0.5, 0.6) is 0 Å². The third kappa shape index (κ3) is 3.41. The molecule has 0 atom stereocenters. The van der Waals surface area contributed by atoms with Crippen LogP contribution in [0.1, 0.15) is 45.1 Å². The van der Waals surface area contributed by atoms with Gasteiger partial charge in [-0.25, -0.2) is 9.59 Å². The third-order valence-corrected chi connectivity index (χ3v) is 4.07. The molecule has 23 heavy (non-hydrogen) atoms. The highest BCUT2D eigenvalue weighted by Gasteiger charge is 2.28. The molecule has 2 heterocycles. The molecular weight excluding hydrogens is 296 g/mol. The Morgan fingerprint density at radius 1 is 1.30 bits per heavy atom. The molecule has 1 saturated heterocycles. The van der Waals surface area contributed by atoms with Gasteiger partial charge in [-0.3, -0.25) is 4.98 Å². The highest BCUT2D eigenvalue weighted by Crippen LogP contribution is 2.32. The largest absolute Gasteiger partial charge is 0.444 e. The molecule has 2 aromatic rings. The highest BCUT2D eigenvalue weighted by atomic mass is 16.6. The van der Waals surface area contributed by atoms with E-state index in [-0.39, 0.29) is 6.09 Å². The number of piperidine rings is 1. The van der Waals surface area contributed by atoms with E-state index in [1.165, 1.54) is 0 Å². The number of rotatable bonds is 1. The summed E-state index contributed by atoms with van der Waals surface area (Å²) in [4.78, 5) is 28.0. The summed E-state index contributed by atoms with van der Waals surface area (Å²) in [5.74, 6) is -0.135. The Hall–Kier alpha value is -2.24. The molecule has 1 amide bonds. The number of H-pyrrole nitrogens is 1. The van der Waals surface area contributed by atoms with Crippen molar-refractivity contribution in [2.45, 2.75) is 45.1 Å². The second-order valence-corrected chi connectivity index (χ2v) is 6.98. The normalized spacial score (nSPS) is 16.7. The fraction of sp³-hybridized carbons (Fsp3) is 0.529. The summed E-state index contributed by atoms with van der Waals surface area (Å²) in [6.45, 7) is 6.91. The van der Waals surface area contributed by atoms with E-state index in [4.69, 9.17) is 9.15 Å². The molecule has 1 aromatic heterocycles. The fourth-order valence-corrected chi connectivity index (χ4v) is 3.03. The van der Waals surface area contributed by atoms with Gasteiger partial charge >= 0.3 is 11.8 Å². The Labute approximate surface area is 134 Å². The molecule has 1 aliphatic rings. The predicted molar refractivity (Wildman–Crippen MR) is 86.6 cm³/mol. The molecule has 0 radical (unpaired) electrons. The van der Waals surface area contributed by atoms with Crippen molar-refractivity contribution in [1.82, 2.24) is 9.88 Å². The summed E-state index contributed by atoms with van der Waals surface area (Å²) in [6, 6.07) is 5.70. The number of aromatic nitrogens is 1. The predicted octanol–water partition coefficient (Wildman–Crippen LogP) is 3.24. The number of nitrogens with one attached hydrogen (secondary N) is 1. The van der Waals surface area contributed by atoms with Crippen LogP contribution in [0.3, 0.4) is 0 Å². The number of amides is 1. The molecule has 0 saturated carbocycles.